The van der Waals surface area contributed by atoms with Crippen molar-refractivity contribution in [1.82, 2.24) is 20.1 Å². The SMILES string of the molecule is CCNC(=O)C1(C(=O)CCCCCCC(=O)NCCN2C(=O)C=CC2=O)CC(=CC=c2c3cccc4c(S(=O)(=O)O)ccc(c43)n2CC)C=C(C=CC2=[N+](CC)c3c(S(=O)(=O)O)cc(S(=O)(=O)O)c4cccc2c34)C1. The zero-order chi connectivity index (χ0) is 54.2. The average Bonchev–Trinajstić information content (AvgIpc) is 3.97. The Balaban J connectivity index is 1.16. The van der Waals surface area contributed by atoms with E-state index in [0.29, 0.717) is 81.7 Å². The fourth-order valence-electron chi connectivity index (χ4n) is 10.6. The summed E-state index contributed by atoms with van der Waals surface area (Å²) in [5.41, 5.74) is 0.958. The number of unbranched alkanes of at least 4 members (excludes halogenated alkanes) is 3. The third kappa shape index (κ3) is 10.7. The number of benzene rings is 4. The van der Waals surface area contributed by atoms with Gasteiger partial charge in [-0.1, -0.05) is 61.4 Å². The molecule has 1 unspecified atom stereocenters. The number of carbonyl (C=O) groups excluding carboxylic acids is 5. The van der Waals surface area contributed by atoms with E-state index in [-0.39, 0.29) is 84.9 Å². The first-order valence-electron chi connectivity index (χ1n) is 24.5. The third-order valence-electron chi connectivity index (χ3n) is 13.9. The number of hydrogen-bond acceptors (Lipinski definition) is 11. The van der Waals surface area contributed by atoms with Crippen LogP contribution in [0.4, 0.5) is 5.69 Å². The summed E-state index contributed by atoms with van der Waals surface area (Å²) in [6.07, 6.45) is 13.4. The van der Waals surface area contributed by atoms with Crippen molar-refractivity contribution in [2.45, 2.75) is 93.4 Å². The Morgan fingerprint density at radius 3 is 2.00 bits per heavy atom. The molecule has 4 amide bonds. The highest BCUT2D eigenvalue weighted by Gasteiger charge is 2.47. The quantitative estimate of drug-likeness (QED) is 0.0195. The number of hydrogen-bond donors (Lipinski definition) is 5. The first kappa shape index (κ1) is 54.3. The summed E-state index contributed by atoms with van der Waals surface area (Å²) in [5, 5.41) is 8.11. The lowest BCUT2D eigenvalue weighted by atomic mass is 9.67. The van der Waals surface area contributed by atoms with Gasteiger partial charge in [0, 0.05) is 89.7 Å². The largest absolute Gasteiger partial charge is 0.355 e. The lowest BCUT2D eigenvalue weighted by Crippen LogP contribution is -2.48. The fraction of sp³-hybridized carbons (Fsp3) is 0.321. The van der Waals surface area contributed by atoms with Crippen LogP contribution < -0.4 is 16.0 Å². The molecule has 22 heteroatoms. The van der Waals surface area contributed by atoms with Crippen LogP contribution >= 0.6 is 0 Å². The fourth-order valence-corrected chi connectivity index (χ4v) is 12.8. The maximum absolute atomic E-state index is 14.9. The van der Waals surface area contributed by atoms with Crippen molar-refractivity contribution in [3.05, 3.63) is 113 Å². The van der Waals surface area contributed by atoms with Gasteiger partial charge in [-0.15, -0.1) is 0 Å². The van der Waals surface area contributed by atoms with E-state index in [1.165, 1.54) is 24.3 Å². The summed E-state index contributed by atoms with van der Waals surface area (Å²) < 4.78 is 110. The number of Topliss-reactive ketones (excluding diaryl/α,β-unsaturated/α-hetero) is 1. The zero-order valence-electron chi connectivity index (χ0n) is 41.3. The minimum atomic E-state index is -5.06. The molecule has 1 atom stereocenters. The van der Waals surface area contributed by atoms with Crippen LogP contribution in [-0.4, -0.2) is 114 Å². The molecule has 3 heterocycles. The highest BCUT2D eigenvalue weighted by atomic mass is 32.2. The number of allylic oxidation sites excluding steroid dienone is 6. The van der Waals surface area contributed by atoms with Crippen molar-refractivity contribution >= 4 is 110 Å². The molecule has 394 valence electrons. The number of ketones is 1. The Morgan fingerprint density at radius 1 is 0.720 bits per heavy atom. The number of imide groups is 1. The molecule has 5 N–H and O–H groups in total. The maximum atomic E-state index is 14.9. The van der Waals surface area contributed by atoms with Gasteiger partial charge >= 0.3 is 10.1 Å². The lowest BCUT2D eigenvalue weighted by Gasteiger charge is -2.35. The number of aromatic nitrogens is 1. The molecule has 4 aromatic carbocycles. The summed E-state index contributed by atoms with van der Waals surface area (Å²) in [5.74, 6) is -1.95. The van der Waals surface area contributed by atoms with Gasteiger partial charge in [0.2, 0.25) is 23.2 Å². The Bertz CT molecular complexity index is 3810. The standard InChI is InChI=1S/C53H55N5O14S3/c1-4-54-52(63)53(45(59)17-9-7-8-10-18-46(60)55-27-28-58-47(61)25-26-48(58)62)31-33(19-21-39-35-13-11-15-37-42(73(64,65)66)24-23-41(49(35)37)56(39)5-2)29-34(32-53)20-22-40-36-14-12-16-38-43(74(67,68)69)30-44(75(70,71)72)51(50(36)38)57(40)6-3/h11-16,19-26,29-30H,4-10,17-18,27-28,31-32H2,1-3H3,(H4-,54,55,60,63,64,65,66,67,68,69,70,71,72)/p+1. The summed E-state index contributed by atoms with van der Waals surface area (Å²) in [6, 6.07) is 13.5. The van der Waals surface area contributed by atoms with Gasteiger partial charge in [-0.3, -0.25) is 42.5 Å². The van der Waals surface area contributed by atoms with Gasteiger partial charge < -0.3 is 15.2 Å². The Kier molecular flexibility index (Phi) is 15.5. The summed E-state index contributed by atoms with van der Waals surface area (Å²) >= 11 is 0. The van der Waals surface area contributed by atoms with E-state index in [2.05, 4.69) is 10.6 Å². The second kappa shape index (κ2) is 21.4. The lowest BCUT2D eigenvalue weighted by molar-refractivity contribution is -0.433. The zero-order valence-corrected chi connectivity index (χ0v) is 43.8. The molecule has 1 aliphatic carbocycles. The van der Waals surface area contributed by atoms with Gasteiger partial charge in [-0.2, -0.15) is 29.8 Å². The smallest absolute Gasteiger partial charge is 0.301 e. The molecule has 0 spiro atoms. The van der Waals surface area contributed by atoms with Gasteiger partial charge in [-0.05, 0) is 87.9 Å². The predicted molar refractivity (Wildman–Crippen MR) is 280 cm³/mol. The molecule has 8 rings (SSSR count). The molecular weight excluding hydrogens is 1030 g/mol. The minimum Gasteiger partial charge on any atom is -0.355 e. The monoisotopic (exact) mass is 1080 g/mol. The molecule has 0 saturated carbocycles. The van der Waals surface area contributed by atoms with Crippen molar-refractivity contribution in [2.24, 2.45) is 5.41 Å². The molecule has 3 aliphatic rings. The van der Waals surface area contributed by atoms with Crippen LogP contribution in [0.15, 0.2) is 117 Å². The molecule has 0 saturated heterocycles. The van der Waals surface area contributed by atoms with Crippen molar-refractivity contribution in [2.75, 3.05) is 26.2 Å². The van der Waals surface area contributed by atoms with Gasteiger partial charge in [0.1, 0.15) is 27.5 Å². The first-order valence-corrected chi connectivity index (χ1v) is 28.8. The van der Waals surface area contributed by atoms with Crippen LogP contribution in [0.25, 0.3) is 38.5 Å². The molecule has 0 radical (unpaired) electrons. The Hall–Kier alpha value is -6.95. The second-order valence-electron chi connectivity index (χ2n) is 18.5. The Morgan fingerprint density at radius 2 is 1.36 bits per heavy atom. The van der Waals surface area contributed by atoms with E-state index in [4.69, 9.17) is 0 Å². The first-order chi connectivity index (χ1) is 35.5. The number of nitrogens with zero attached hydrogens (tertiary/aromatic N) is 3. The molecule has 0 bridgehead atoms. The van der Waals surface area contributed by atoms with Crippen molar-refractivity contribution < 1.29 is 67.5 Å². The van der Waals surface area contributed by atoms with Crippen LogP contribution in [0.3, 0.4) is 0 Å². The molecule has 0 fully saturated rings. The number of rotatable bonds is 21. The normalized spacial score (nSPS) is 18.0. The van der Waals surface area contributed by atoms with Gasteiger partial charge in [0.15, 0.2) is 4.90 Å². The minimum absolute atomic E-state index is 0.00241. The maximum Gasteiger partial charge on any atom is 0.301 e. The van der Waals surface area contributed by atoms with E-state index in [9.17, 15) is 62.9 Å². The predicted octanol–water partition coefficient (Wildman–Crippen LogP) is 5.65. The van der Waals surface area contributed by atoms with Crippen molar-refractivity contribution in [3.63, 3.8) is 0 Å². The van der Waals surface area contributed by atoms with Gasteiger partial charge in [-0.25, -0.2) is 0 Å². The Labute approximate surface area is 433 Å². The van der Waals surface area contributed by atoms with Crippen molar-refractivity contribution in [1.29, 1.82) is 0 Å². The van der Waals surface area contributed by atoms with Gasteiger partial charge in [0.05, 0.1) is 10.9 Å². The topological polar surface area (TPSA) is 284 Å². The third-order valence-corrected chi connectivity index (χ3v) is 16.6. The van der Waals surface area contributed by atoms with E-state index in [0.717, 1.165) is 11.0 Å². The van der Waals surface area contributed by atoms with E-state index in [1.54, 1.807) is 67.0 Å². The number of aryl methyl sites for hydroxylation is 1. The van der Waals surface area contributed by atoms with Crippen molar-refractivity contribution in [3.8, 4) is 0 Å². The second-order valence-corrected chi connectivity index (χ2v) is 22.7. The van der Waals surface area contributed by atoms with Crippen LogP contribution in [0.1, 0.15) is 77.7 Å². The number of amides is 4. The van der Waals surface area contributed by atoms with E-state index >= 15 is 0 Å². The highest BCUT2D eigenvalue weighted by Crippen LogP contribution is 2.45. The number of carbonyl (C=O) groups is 5. The molecular formula is C53H56N5O14S3+. The van der Waals surface area contributed by atoms with Gasteiger partial charge in [0.25, 0.3) is 32.1 Å². The van der Waals surface area contributed by atoms with E-state index in [1.807, 2.05) is 29.7 Å². The van der Waals surface area contributed by atoms with E-state index < -0.39 is 63.3 Å². The molecule has 19 nitrogen and oxygen atoms in total. The van der Waals surface area contributed by atoms with Crippen LogP contribution in [0.5, 0.6) is 0 Å². The molecule has 5 aromatic rings. The summed E-state index contributed by atoms with van der Waals surface area (Å²) in [6.45, 7) is 6.37. The molecule has 2 aliphatic heterocycles. The van der Waals surface area contributed by atoms with Crippen LogP contribution in [0, 0.1) is 5.41 Å². The van der Waals surface area contributed by atoms with Crippen LogP contribution in [-0.2, 0) is 60.9 Å². The summed E-state index contributed by atoms with van der Waals surface area (Å²) in [7, 11) is -14.6. The highest BCUT2D eigenvalue weighted by molar-refractivity contribution is 7.87. The molecule has 75 heavy (non-hydrogen) atoms. The average molecular weight is 1080 g/mol. The van der Waals surface area contributed by atoms with Crippen LogP contribution in [0.2, 0.25) is 0 Å². The number of nitrogens with one attached hydrogen (secondary N) is 2. The summed E-state index contributed by atoms with van der Waals surface area (Å²) in [4.78, 5) is 64.9. The molecule has 1 aromatic heterocycles.